The molecule has 0 aliphatic rings. The standard InChI is InChI=1S/C21H20N2O3/c22-13-12-20(24)19-11-6-10-17(15-19)7-4-5-14-23-21(25)26-16-18-8-2-1-3-9-18/h1-4,6-11,15H,5,12,14,16H2,(H,23,25). The topological polar surface area (TPSA) is 79.2 Å². The predicted octanol–water partition coefficient (Wildman–Crippen LogP) is 4.11. The number of hydrogen-bond donors (Lipinski definition) is 1. The van der Waals surface area contributed by atoms with E-state index in [9.17, 15) is 9.59 Å². The van der Waals surface area contributed by atoms with Crippen LogP contribution in [0.4, 0.5) is 4.79 Å². The van der Waals surface area contributed by atoms with Crippen LogP contribution in [0.15, 0.2) is 60.7 Å². The largest absolute Gasteiger partial charge is 0.445 e. The molecule has 5 heteroatoms. The fraction of sp³-hybridized carbons (Fsp3) is 0.190. The maximum atomic E-state index is 11.7. The Hall–Kier alpha value is -3.39. The highest BCUT2D eigenvalue weighted by molar-refractivity contribution is 5.97. The zero-order chi connectivity index (χ0) is 18.6. The smallest absolute Gasteiger partial charge is 0.407 e. The van der Waals surface area contributed by atoms with Crippen LogP contribution >= 0.6 is 0 Å². The summed E-state index contributed by atoms with van der Waals surface area (Å²) in [7, 11) is 0. The third-order valence-electron chi connectivity index (χ3n) is 3.55. The number of carbonyl (C=O) groups excluding carboxylic acids is 2. The quantitative estimate of drug-likeness (QED) is 0.575. The fourth-order valence-corrected chi connectivity index (χ4v) is 2.24. The van der Waals surface area contributed by atoms with E-state index in [2.05, 4.69) is 5.32 Å². The molecule has 0 radical (unpaired) electrons. The van der Waals surface area contributed by atoms with Crippen molar-refractivity contribution in [3.8, 4) is 6.07 Å². The first kappa shape index (κ1) is 18.9. The summed E-state index contributed by atoms with van der Waals surface area (Å²) in [5, 5.41) is 11.3. The van der Waals surface area contributed by atoms with Crippen molar-refractivity contribution in [2.24, 2.45) is 0 Å². The molecule has 0 atom stereocenters. The molecular weight excluding hydrogens is 328 g/mol. The van der Waals surface area contributed by atoms with Gasteiger partial charge in [-0.2, -0.15) is 5.26 Å². The van der Waals surface area contributed by atoms with E-state index < -0.39 is 6.09 Å². The zero-order valence-corrected chi connectivity index (χ0v) is 14.4. The average molecular weight is 348 g/mol. The molecule has 1 amide bonds. The Kier molecular flexibility index (Phi) is 7.63. The van der Waals surface area contributed by atoms with E-state index in [4.69, 9.17) is 10.00 Å². The van der Waals surface area contributed by atoms with Gasteiger partial charge in [0.1, 0.15) is 6.61 Å². The van der Waals surface area contributed by atoms with Gasteiger partial charge in [0.15, 0.2) is 5.78 Å². The summed E-state index contributed by atoms with van der Waals surface area (Å²) < 4.78 is 5.12. The Balaban J connectivity index is 1.70. The lowest BCUT2D eigenvalue weighted by molar-refractivity contribution is 0.0997. The van der Waals surface area contributed by atoms with E-state index in [1.54, 1.807) is 18.2 Å². The van der Waals surface area contributed by atoms with Gasteiger partial charge >= 0.3 is 6.09 Å². The Labute approximate surface area is 152 Å². The van der Waals surface area contributed by atoms with E-state index in [0.717, 1.165) is 11.1 Å². The van der Waals surface area contributed by atoms with Gasteiger partial charge in [-0.3, -0.25) is 4.79 Å². The lowest BCUT2D eigenvalue weighted by atomic mass is 10.1. The number of rotatable bonds is 8. The second-order valence-corrected chi connectivity index (χ2v) is 5.56. The number of carbonyl (C=O) groups is 2. The van der Waals surface area contributed by atoms with Crippen LogP contribution in [0.5, 0.6) is 0 Å². The van der Waals surface area contributed by atoms with Gasteiger partial charge in [0, 0.05) is 12.1 Å². The minimum absolute atomic E-state index is 0.123. The van der Waals surface area contributed by atoms with Crippen molar-refractivity contribution in [3.63, 3.8) is 0 Å². The Bertz CT molecular complexity index is 808. The average Bonchev–Trinajstić information content (AvgIpc) is 2.67. The maximum absolute atomic E-state index is 11.7. The van der Waals surface area contributed by atoms with Crippen LogP contribution < -0.4 is 5.32 Å². The van der Waals surface area contributed by atoms with E-state index in [1.807, 2.05) is 54.6 Å². The van der Waals surface area contributed by atoms with Crippen molar-refractivity contribution in [2.75, 3.05) is 6.54 Å². The van der Waals surface area contributed by atoms with E-state index >= 15 is 0 Å². The van der Waals surface area contributed by atoms with Crippen LogP contribution in [0.3, 0.4) is 0 Å². The van der Waals surface area contributed by atoms with Crippen molar-refractivity contribution in [2.45, 2.75) is 19.4 Å². The molecule has 5 nitrogen and oxygen atoms in total. The summed E-state index contributed by atoms with van der Waals surface area (Å²) in [6.45, 7) is 0.698. The SMILES string of the molecule is N#CCC(=O)c1cccc(C=CCCNC(=O)OCc2ccccc2)c1. The number of Topliss-reactive ketones (excluding diaryl/α,β-unsaturated/α-hetero) is 1. The van der Waals surface area contributed by atoms with Gasteiger partial charge in [-0.15, -0.1) is 0 Å². The summed E-state index contributed by atoms with van der Waals surface area (Å²) in [6.07, 6.45) is 3.84. The van der Waals surface area contributed by atoms with Gasteiger partial charge < -0.3 is 10.1 Å². The first-order chi connectivity index (χ1) is 12.7. The van der Waals surface area contributed by atoms with Crippen LogP contribution in [0.2, 0.25) is 0 Å². The number of alkyl carbamates (subject to hydrolysis) is 1. The van der Waals surface area contributed by atoms with Crippen molar-refractivity contribution >= 4 is 18.0 Å². The van der Waals surface area contributed by atoms with E-state index in [0.29, 0.717) is 18.5 Å². The van der Waals surface area contributed by atoms with Gasteiger partial charge in [0.05, 0.1) is 12.5 Å². The second kappa shape index (κ2) is 10.5. The summed E-state index contributed by atoms with van der Waals surface area (Å²) in [5.74, 6) is -0.189. The molecule has 0 saturated heterocycles. The molecule has 2 aromatic rings. The molecule has 0 aliphatic carbocycles. The number of hydrogen-bond acceptors (Lipinski definition) is 4. The fourth-order valence-electron chi connectivity index (χ4n) is 2.24. The Morgan fingerprint density at radius 3 is 2.69 bits per heavy atom. The van der Waals surface area contributed by atoms with Crippen molar-refractivity contribution in [3.05, 3.63) is 77.4 Å². The van der Waals surface area contributed by atoms with Crippen molar-refractivity contribution in [1.29, 1.82) is 5.26 Å². The number of ketones is 1. The molecule has 0 saturated carbocycles. The zero-order valence-electron chi connectivity index (χ0n) is 14.4. The van der Waals surface area contributed by atoms with Gasteiger partial charge in [0.25, 0.3) is 0 Å². The van der Waals surface area contributed by atoms with Crippen molar-refractivity contribution < 1.29 is 14.3 Å². The van der Waals surface area contributed by atoms with Gasteiger partial charge in [-0.25, -0.2) is 4.79 Å². The molecule has 2 rings (SSSR count). The Morgan fingerprint density at radius 2 is 1.92 bits per heavy atom. The van der Waals surface area contributed by atoms with Crippen molar-refractivity contribution in [1.82, 2.24) is 5.32 Å². The maximum Gasteiger partial charge on any atom is 0.407 e. The number of ether oxygens (including phenoxy) is 1. The predicted molar refractivity (Wildman–Crippen MR) is 99.3 cm³/mol. The summed E-state index contributed by atoms with van der Waals surface area (Å²) >= 11 is 0. The number of nitriles is 1. The summed E-state index contributed by atoms with van der Waals surface area (Å²) in [4.78, 5) is 23.3. The molecular formula is C21H20N2O3. The molecule has 2 aromatic carbocycles. The minimum atomic E-state index is -0.452. The molecule has 0 aliphatic heterocycles. The molecule has 0 aromatic heterocycles. The minimum Gasteiger partial charge on any atom is -0.445 e. The molecule has 0 bridgehead atoms. The summed E-state index contributed by atoms with van der Waals surface area (Å²) in [5.41, 5.74) is 2.34. The van der Waals surface area contributed by atoms with Crippen LogP contribution in [0, 0.1) is 11.3 Å². The molecule has 132 valence electrons. The number of nitrogens with zero attached hydrogens (tertiary/aromatic N) is 1. The first-order valence-corrected chi connectivity index (χ1v) is 8.30. The van der Waals surface area contributed by atoms with Gasteiger partial charge in [-0.05, 0) is 23.6 Å². The van der Waals surface area contributed by atoms with E-state index in [1.165, 1.54) is 0 Å². The van der Waals surface area contributed by atoms with Crippen LogP contribution in [0.1, 0.15) is 34.3 Å². The highest BCUT2D eigenvalue weighted by atomic mass is 16.5. The molecule has 0 spiro atoms. The Morgan fingerprint density at radius 1 is 1.12 bits per heavy atom. The number of nitrogens with one attached hydrogen (secondary N) is 1. The van der Waals surface area contributed by atoms with Gasteiger partial charge in [-0.1, -0.05) is 60.7 Å². The normalized spacial score (nSPS) is 10.3. The number of amides is 1. The number of benzene rings is 2. The second-order valence-electron chi connectivity index (χ2n) is 5.56. The molecule has 1 N–H and O–H groups in total. The molecule has 0 heterocycles. The van der Waals surface area contributed by atoms with Crippen LogP contribution in [-0.2, 0) is 11.3 Å². The van der Waals surface area contributed by atoms with Crippen LogP contribution in [-0.4, -0.2) is 18.4 Å². The molecule has 0 unspecified atom stereocenters. The first-order valence-electron chi connectivity index (χ1n) is 8.30. The van der Waals surface area contributed by atoms with Gasteiger partial charge in [0.2, 0.25) is 0 Å². The summed E-state index contributed by atoms with van der Waals surface area (Å²) in [6, 6.07) is 18.4. The third kappa shape index (κ3) is 6.62. The third-order valence-corrected chi connectivity index (χ3v) is 3.55. The highest BCUT2D eigenvalue weighted by Gasteiger charge is 2.04. The molecule has 0 fully saturated rings. The molecule has 26 heavy (non-hydrogen) atoms. The van der Waals surface area contributed by atoms with E-state index in [-0.39, 0.29) is 18.8 Å². The monoisotopic (exact) mass is 348 g/mol. The highest BCUT2D eigenvalue weighted by Crippen LogP contribution is 2.09. The van der Waals surface area contributed by atoms with Crippen LogP contribution in [0.25, 0.3) is 6.08 Å². The lowest BCUT2D eigenvalue weighted by Crippen LogP contribution is -2.24. The lowest BCUT2D eigenvalue weighted by Gasteiger charge is -2.05.